The van der Waals surface area contributed by atoms with Crippen molar-refractivity contribution in [3.05, 3.63) is 35.1 Å². The summed E-state index contributed by atoms with van der Waals surface area (Å²) in [5.74, 6) is -3.14. The van der Waals surface area contributed by atoms with E-state index in [-0.39, 0.29) is 17.6 Å². The number of hydrogen-bond acceptors (Lipinski definition) is 5. The van der Waals surface area contributed by atoms with E-state index in [0.717, 1.165) is 12.5 Å². The predicted molar refractivity (Wildman–Crippen MR) is 93.0 cm³/mol. The zero-order valence-electron chi connectivity index (χ0n) is 15.9. The highest BCUT2D eigenvalue weighted by Crippen LogP contribution is 2.30. The summed E-state index contributed by atoms with van der Waals surface area (Å²) in [6.45, 7) is 1.81. The number of carbonyl (C=O) groups excluding carboxylic acids is 2. The molecular formula is C19H23F4NO5. The molecule has 0 bridgehead atoms. The molecule has 1 heterocycles. The molecule has 0 spiro atoms. The van der Waals surface area contributed by atoms with E-state index in [1.807, 2.05) is 0 Å². The molecular weight excluding hydrogens is 398 g/mol. The van der Waals surface area contributed by atoms with Gasteiger partial charge < -0.3 is 19.5 Å². The first-order valence-electron chi connectivity index (χ1n) is 9.26. The number of nitrogens with one attached hydrogen (secondary N) is 1. The fraction of sp³-hybridized carbons (Fsp3) is 0.579. The van der Waals surface area contributed by atoms with Crippen molar-refractivity contribution in [2.75, 3.05) is 13.2 Å². The van der Waals surface area contributed by atoms with Crippen molar-refractivity contribution < 1.29 is 41.4 Å². The minimum atomic E-state index is -5.02. The number of alkyl halides is 3. The molecule has 2 rings (SSSR count). The summed E-state index contributed by atoms with van der Waals surface area (Å²) in [4.78, 5) is 21.8. The monoisotopic (exact) mass is 421 g/mol. The molecule has 1 aliphatic rings. The van der Waals surface area contributed by atoms with Gasteiger partial charge in [-0.1, -0.05) is 19.1 Å². The van der Waals surface area contributed by atoms with Crippen LogP contribution in [-0.2, 0) is 30.3 Å². The van der Waals surface area contributed by atoms with E-state index in [1.165, 1.54) is 12.1 Å². The number of benzene rings is 1. The lowest BCUT2D eigenvalue weighted by Crippen LogP contribution is -2.36. The molecule has 0 aromatic heterocycles. The maximum Gasteiger partial charge on any atom is 0.471 e. The summed E-state index contributed by atoms with van der Waals surface area (Å²) in [7, 11) is 0. The molecule has 0 aliphatic carbocycles. The van der Waals surface area contributed by atoms with Gasteiger partial charge in [-0.3, -0.25) is 9.59 Å². The summed E-state index contributed by atoms with van der Waals surface area (Å²) in [6, 6.07) is 3.88. The second-order valence-electron chi connectivity index (χ2n) is 6.52. The van der Waals surface area contributed by atoms with Gasteiger partial charge in [-0.2, -0.15) is 13.2 Å². The molecule has 1 amide bonds. The Kier molecular flexibility index (Phi) is 8.39. The first-order chi connectivity index (χ1) is 13.7. The second kappa shape index (κ2) is 10.5. The van der Waals surface area contributed by atoms with Gasteiger partial charge >= 0.3 is 18.1 Å². The zero-order chi connectivity index (χ0) is 21.4. The number of halogens is 4. The zero-order valence-corrected chi connectivity index (χ0v) is 15.9. The van der Waals surface area contributed by atoms with Crippen molar-refractivity contribution in [3.63, 3.8) is 0 Å². The van der Waals surface area contributed by atoms with Gasteiger partial charge in [0.1, 0.15) is 5.82 Å². The standard InChI is InChI=1S/C19H23F4NO5/c1-2-16(25)27-8-4-3-5-14-11-28-17(29-14)12-6-7-13(15(20)9-12)10-24-18(26)19(21,22)23/h6-7,9,14,17H,2-5,8,10-11H2,1H3,(H,24,26). The van der Waals surface area contributed by atoms with Crippen LogP contribution >= 0.6 is 0 Å². The Hall–Kier alpha value is -2.20. The van der Waals surface area contributed by atoms with E-state index >= 15 is 0 Å². The molecule has 162 valence electrons. The van der Waals surface area contributed by atoms with E-state index in [0.29, 0.717) is 38.0 Å². The Morgan fingerprint density at radius 1 is 1.28 bits per heavy atom. The van der Waals surface area contributed by atoms with E-state index in [2.05, 4.69) is 0 Å². The molecule has 10 heteroatoms. The third-order valence-electron chi connectivity index (χ3n) is 4.27. The van der Waals surface area contributed by atoms with Gasteiger partial charge in [0.2, 0.25) is 0 Å². The molecule has 1 N–H and O–H groups in total. The van der Waals surface area contributed by atoms with Crippen molar-refractivity contribution in [1.29, 1.82) is 0 Å². The smallest absolute Gasteiger partial charge is 0.466 e. The molecule has 1 fully saturated rings. The van der Waals surface area contributed by atoms with Crippen LogP contribution in [0.25, 0.3) is 0 Å². The molecule has 1 saturated heterocycles. The van der Waals surface area contributed by atoms with Crippen LogP contribution in [0.1, 0.15) is 50.0 Å². The number of carbonyl (C=O) groups is 2. The Labute approximate surface area is 165 Å². The van der Waals surface area contributed by atoms with Crippen LogP contribution in [0.4, 0.5) is 17.6 Å². The van der Waals surface area contributed by atoms with Crippen molar-refractivity contribution in [3.8, 4) is 0 Å². The average Bonchev–Trinajstić information content (AvgIpc) is 3.14. The molecule has 0 saturated carbocycles. The largest absolute Gasteiger partial charge is 0.471 e. The first-order valence-corrected chi connectivity index (χ1v) is 9.26. The lowest BCUT2D eigenvalue weighted by atomic mass is 10.1. The number of ether oxygens (including phenoxy) is 3. The van der Waals surface area contributed by atoms with Crippen LogP contribution in [0.2, 0.25) is 0 Å². The topological polar surface area (TPSA) is 73.9 Å². The fourth-order valence-electron chi connectivity index (χ4n) is 2.67. The lowest BCUT2D eigenvalue weighted by molar-refractivity contribution is -0.173. The van der Waals surface area contributed by atoms with E-state index in [1.54, 1.807) is 12.2 Å². The molecule has 6 nitrogen and oxygen atoms in total. The van der Waals surface area contributed by atoms with Gasteiger partial charge in [-0.15, -0.1) is 0 Å². The van der Waals surface area contributed by atoms with E-state index < -0.39 is 30.7 Å². The van der Waals surface area contributed by atoms with Crippen molar-refractivity contribution >= 4 is 11.9 Å². The third kappa shape index (κ3) is 7.28. The maximum absolute atomic E-state index is 14.1. The Morgan fingerprint density at radius 2 is 2.03 bits per heavy atom. The van der Waals surface area contributed by atoms with E-state index in [9.17, 15) is 27.2 Å². The van der Waals surface area contributed by atoms with Gasteiger partial charge in [0.05, 0.1) is 19.3 Å². The minimum absolute atomic E-state index is 0.0810. The fourth-order valence-corrected chi connectivity index (χ4v) is 2.67. The quantitative estimate of drug-likeness (QED) is 0.375. The highest BCUT2D eigenvalue weighted by atomic mass is 19.4. The van der Waals surface area contributed by atoms with Gasteiger partial charge in [0.15, 0.2) is 6.29 Å². The highest BCUT2D eigenvalue weighted by molar-refractivity contribution is 5.81. The highest BCUT2D eigenvalue weighted by Gasteiger charge is 2.38. The van der Waals surface area contributed by atoms with Gasteiger partial charge in [0, 0.05) is 24.1 Å². The molecule has 1 aliphatic heterocycles. The molecule has 2 atom stereocenters. The molecule has 29 heavy (non-hydrogen) atoms. The summed E-state index contributed by atoms with van der Waals surface area (Å²) < 4.78 is 66.9. The number of hydrogen-bond donors (Lipinski definition) is 1. The summed E-state index contributed by atoms with van der Waals surface area (Å²) in [6.07, 6.45) is -3.49. The number of unbranched alkanes of at least 4 members (excludes halogenated alkanes) is 1. The maximum atomic E-state index is 14.1. The molecule has 1 aromatic rings. The average molecular weight is 421 g/mol. The number of rotatable bonds is 9. The number of amides is 1. The van der Waals surface area contributed by atoms with Crippen LogP contribution in [0.15, 0.2) is 18.2 Å². The second-order valence-corrected chi connectivity index (χ2v) is 6.52. The SMILES string of the molecule is CCC(=O)OCCCCC1COC(c2ccc(CNC(=O)C(F)(F)F)c(F)c2)O1. The number of esters is 1. The van der Waals surface area contributed by atoms with Crippen molar-refractivity contribution in [1.82, 2.24) is 5.32 Å². The van der Waals surface area contributed by atoms with Crippen molar-refractivity contribution in [2.24, 2.45) is 0 Å². The Morgan fingerprint density at radius 3 is 2.69 bits per heavy atom. The first kappa shape index (κ1) is 23.1. The van der Waals surface area contributed by atoms with Crippen LogP contribution in [-0.4, -0.2) is 37.4 Å². The third-order valence-corrected chi connectivity index (χ3v) is 4.27. The lowest BCUT2D eigenvalue weighted by Gasteiger charge is -2.14. The van der Waals surface area contributed by atoms with Gasteiger partial charge in [-0.05, 0) is 25.3 Å². The molecule has 1 aromatic carbocycles. The molecule has 0 radical (unpaired) electrons. The summed E-state index contributed by atoms with van der Waals surface area (Å²) in [5, 5.41) is 1.62. The van der Waals surface area contributed by atoms with Crippen LogP contribution in [0, 0.1) is 5.82 Å². The van der Waals surface area contributed by atoms with Crippen LogP contribution < -0.4 is 5.32 Å². The van der Waals surface area contributed by atoms with Gasteiger partial charge in [-0.25, -0.2) is 4.39 Å². The molecule has 2 unspecified atom stereocenters. The van der Waals surface area contributed by atoms with Crippen LogP contribution in [0.3, 0.4) is 0 Å². The predicted octanol–water partition coefficient (Wildman–Crippen LogP) is 3.54. The van der Waals surface area contributed by atoms with Gasteiger partial charge in [0.25, 0.3) is 0 Å². The minimum Gasteiger partial charge on any atom is -0.466 e. The van der Waals surface area contributed by atoms with Crippen LogP contribution in [0.5, 0.6) is 0 Å². The summed E-state index contributed by atoms with van der Waals surface area (Å²) >= 11 is 0. The normalized spacial score (nSPS) is 19.2. The summed E-state index contributed by atoms with van der Waals surface area (Å²) in [5.41, 5.74) is 0.315. The van der Waals surface area contributed by atoms with E-state index in [4.69, 9.17) is 14.2 Å². The van der Waals surface area contributed by atoms with Crippen molar-refractivity contribution in [2.45, 2.75) is 57.7 Å². The Balaban J connectivity index is 1.77. The Bertz CT molecular complexity index is 710.